The summed E-state index contributed by atoms with van der Waals surface area (Å²) in [4.78, 5) is 12.7. The lowest BCUT2D eigenvalue weighted by atomic mass is 10.2. The standard InChI is InChI=1S/C20H16BrNO4S/c1-26-17-4-2-3-14(13-17)20(23)22-16-7-11-19(12-8-16)27(24,25)18-9-5-15(21)6-10-18/h2-13H,1H3,(H,22,23). The van der Waals surface area contributed by atoms with Gasteiger partial charge < -0.3 is 10.1 Å². The Morgan fingerprint density at radius 1 is 0.926 bits per heavy atom. The van der Waals surface area contributed by atoms with Crippen LogP contribution < -0.4 is 10.1 Å². The summed E-state index contributed by atoms with van der Waals surface area (Å²) in [5.74, 6) is 0.274. The van der Waals surface area contributed by atoms with Crippen molar-refractivity contribution in [3.8, 4) is 5.75 Å². The molecule has 0 saturated carbocycles. The van der Waals surface area contributed by atoms with Crippen molar-refractivity contribution >= 4 is 37.4 Å². The number of methoxy groups -OCH3 is 1. The second kappa shape index (κ2) is 7.94. The number of benzene rings is 3. The van der Waals surface area contributed by atoms with Crippen molar-refractivity contribution in [1.29, 1.82) is 0 Å². The molecule has 1 N–H and O–H groups in total. The summed E-state index contributed by atoms with van der Waals surface area (Å²) in [6.07, 6.45) is 0. The van der Waals surface area contributed by atoms with Crippen LogP contribution in [-0.4, -0.2) is 21.4 Å². The Hall–Kier alpha value is -2.64. The fourth-order valence-electron chi connectivity index (χ4n) is 2.43. The van der Waals surface area contributed by atoms with E-state index in [1.165, 1.54) is 31.4 Å². The lowest BCUT2D eigenvalue weighted by Gasteiger charge is -2.09. The Labute approximate surface area is 166 Å². The number of carbonyl (C=O) groups excluding carboxylic acids is 1. The van der Waals surface area contributed by atoms with Crippen LogP contribution in [0.2, 0.25) is 0 Å². The molecule has 0 aliphatic heterocycles. The zero-order valence-electron chi connectivity index (χ0n) is 14.3. The Balaban J connectivity index is 1.78. The highest BCUT2D eigenvalue weighted by molar-refractivity contribution is 9.10. The van der Waals surface area contributed by atoms with Gasteiger partial charge in [0.05, 0.1) is 16.9 Å². The number of nitrogens with one attached hydrogen (secondary N) is 1. The minimum absolute atomic E-state index is 0.157. The third kappa shape index (κ3) is 4.37. The lowest BCUT2D eigenvalue weighted by molar-refractivity contribution is 0.102. The quantitative estimate of drug-likeness (QED) is 0.625. The first-order valence-electron chi connectivity index (χ1n) is 7.96. The van der Waals surface area contributed by atoms with Crippen molar-refractivity contribution in [3.05, 3.63) is 82.8 Å². The molecule has 0 spiro atoms. The summed E-state index contributed by atoms with van der Waals surface area (Å²) < 4.78 is 31.2. The van der Waals surface area contributed by atoms with Crippen LogP contribution in [0.4, 0.5) is 5.69 Å². The fourth-order valence-corrected chi connectivity index (χ4v) is 3.96. The second-order valence-corrected chi connectivity index (χ2v) is 8.53. The average Bonchev–Trinajstić information content (AvgIpc) is 2.69. The van der Waals surface area contributed by atoms with E-state index in [4.69, 9.17) is 4.74 Å². The van der Waals surface area contributed by atoms with E-state index in [0.717, 1.165) is 4.47 Å². The molecular formula is C20H16BrNO4S. The largest absolute Gasteiger partial charge is 0.497 e. The van der Waals surface area contributed by atoms with E-state index in [9.17, 15) is 13.2 Å². The lowest BCUT2D eigenvalue weighted by Crippen LogP contribution is -2.12. The van der Waals surface area contributed by atoms with E-state index in [1.54, 1.807) is 48.5 Å². The molecule has 0 radical (unpaired) electrons. The number of amides is 1. The summed E-state index contributed by atoms with van der Waals surface area (Å²) in [5, 5.41) is 2.74. The second-order valence-electron chi connectivity index (χ2n) is 5.67. The van der Waals surface area contributed by atoms with Gasteiger partial charge >= 0.3 is 0 Å². The molecule has 3 aromatic carbocycles. The number of sulfone groups is 1. The first-order valence-corrected chi connectivity index (χ1v) is 10.2. The predicted molar refractivity (Wildman–Crippen MR) is 107 cm³/mol. The topological polar surface area (TPSA) is 72.5 Å². The monoisotopic (exact) mass is 445 g/mol. The van der Waals surface area contributed by atoms with E-state index in [0.29, 0.717) is 17.0 Å². The molecule has 0 aliphatic carbocycles. The van der Waals surface area contributed by atoms with Gasteiger partial charge in [0.15, 0.2) is 0 Å². The summed E-state index contributed by atoms with van der Waals surface area (Å²) in [7, 11) is -2.08. The van der Waals surface area contributed by atoms with Crippen LogP contribution >= 0.6 is 15.9 Å². The minimum Gasteiger partial charge on any atom is -0.497 e. The number of rotatable bonds is 5. The highest BCUT2D eigenvalue weighted by Crippen LogP contribution is 2.24. The predicted octanol–water partition coefficient (Wildman–Crippen LogP) is 4.54. The molecule has 0 bridgehead atoms. The van der Waals surface area contributed by atoms with Crippen molar-refractivity contribution in [2.24, 2.45) is 0 Å². The molecule has 0 fully saturated rings. The highest BCUT2D eigenvalue weighted by atomic mass is 79.9. The summed E-state index contributed by atoms with van der Waals surface area (Å²) >= 11 is 3.29. The first-order chi connectivity index (χ1) is 12.9. The number of ether oxygens (including phenoxy) is 1. The summed E-state index contributed by atoms with van der Waals surface area (Å²) in [6.45, 7) is 0. The van der Waals surface area contributed by atoms with Crippen LogP contribution in [-0.2, 0) is 9.84 Å². The van der Waals surface area contributed by atoms with Gasteiger partial charge in [0.2, 0.25) is 9.84 Å². The van der Waals surface area contributed by atoms with Crippen LogP contribution in [0.5, 0.6) is 5.75 Å². The summed E-state index contributed by atoms with van der Waals surface area (Å²) in [5.41, 5.74) is 0.943. The molecule has 138 valence electrons. The normalized spacial score (nSPS) is 11.0. The maximum absolute atomic E-state index is 12.7. The van der Waals surface area contributed by atoms with Gasteiger partial charge in [-0.1, -0.05) is 22.0 Å². The van der Waals surface area contributed by atoms with Gasteiger partial charge in [0.25, 0.3) is 5.91 Å². The molecule has 0 aliphatic rings. The molecular weight excluding hydrogens is 430 g/mol. The van der Waals surface area contributed by atoms with Crippen LogP contribution in [0.15, 0.2) is 87.1 Å². The van der Waals surface area contributed by atoms with Crippen molar-refractivity contribution in [3.63, 3.8) is 0 Å². The molecule has 27 heavy (non-hydrogen) atoms. The van der Waals surface area contributed by atoms with Gasteiger partial charge in [-0.3, -0.25) is 4.79 Å². The molecule has 5 nitrogen and oxygen atoms in total. The number of hydrogen-bond acceptors (Lipinski definition) is 4. The third-order valence-corrected chi connectivity index (χ3v) is 6.19. The van der Waals surface area contributed by atoms with Gasteiger partial charge in [-0.05, 0) is 66.7 Å². The van der Waals surface area contributed by atoms with E-state index >= 15 is 0 Å². The van der Waals surface area contributed by atoms with Gasteiger partial charge in [-0.15, -0.1) is 0 Å². The molecule has 3 rings (SSSR count). The van der Waals surface area contributed by atoms with Crippen LogP contribution in [0.1, 0.15) is 10.4 Å². The van der Waals surface area contributed by atoms with E-state index in [-0.39, 0.29) is 15.7 Å². The molecule has 7 heteroatoms. The number of halogens is 1. The SMILES string of the molecule is COc1cccc(C(=O)Nc2ccc(S(=O)(=O)c3ccc(Br)cc3)cc2)c1. The Kier molecular flexibility index (Phi) is 5.62. The minimum atomic E-state index is -3.61. The smallest absolute Gasteiger partial charge is 0.255 e. The zero-order valence-corrected chi connectivity index (χ0v) is 16.7. The Bertz CT molecular complexity index is 1060. The van der Waals surface area contributed by atoms with Gasteiger partial charge in [-0.25, -0.2) is 8.42 Å². The molecule has 0 unspecified atom stereocenters. The van der Waals surface area contributed by atoms with Crippen molar-refractivity contribution < 1.29 is 17.9 Å². The molecule has 0 aromatic heterocycles. The average molecular weight is 446 g/mol. The van der Waals surface area contributed by atoms with E-state index < -0.39 is 9.84 Å². The molecule has 3 aromatic rings. The molecule has 0 saturated heterocycles. The molecule has 0 heterocycles. The Morgan fingerprint density at radius 2 is 1.52 bits per heavy atom. The van der Waals surface area contributed by atoms with Crippen LogP contribution in [0.25, 0.3) is 0 Å². The van der Waals surface area contributed by atoms with Crippen LogP contribution in [0, 0.1) is 0 Å². The van der Waals surface area contributed by atoms with E-state index in [2.05, 4.69) is 21.2 Å². The fraction of sp³-hybridized carbons (Fsp3) is 0.0500. The zero-order chi connectivity index (χ0) is 19.4. The number of carbonyl (C=O) groups is 1. The first kappa shape index (κ1) is 19.1. The Morgan fingerprint density at radius 3 is 2.11 bits per heavy atom. The number of hydrogen-bond donors (Lipinski definition) is 1. The molecule has 1 amide bonds. The highest BCUT2D eigenvalue weighted by Gasteiger charge is 2.17. The van der Waals surface area contributed by atoms with Crippen molar-refractivity contribution in [1.82, 2.24) is 0 Å². The maximum Gasteiger partial charge on any atom is 0.255 e. The van der Waals surface area contributed by atoms with Crippen molar-refractivity contribution in [2.75, 3.05) is 12.4 Å². The molecule has 0 atom stereocenters. The summed E-state index contributed by atoms with van der Waals surface area (Å²) in [6, 6.07) is 19.3. The third-order valence-electron chi connectivity index (χ3n) is 3.88. The van der Waals surface area contributed by atoms with Gasteiger partial charge in [0.1, 0.15) is 5.75 Å². The van der Waals surface area contributed by atoms with Gasteiger partial charge in [-0.2, -0.15) is 0 Å². The van der Waals surface area contributed by atoms with Crippen LogP contribution in [0.3, 0.4) is 0 Å². The number of anilines is 1. The van der Waals surface area contributed by atoms with Gasteiger partial charge in [0, 0.05) is 15.7 Å². The van der Waals surface area contributed by atoms with Crippen molar-refractivity contribution in [2.45, 2.75) is 9.79 Å². The maximum atomic E-state index is 12.7. The van der Waals surface area contributed by atoms with E-state index in [1.807, 2.05) is 0 Å².